The van der Waals surface area contributed by atoms with Crippen LogP contribution in [0.3, 0.4) is 0 Å². The van der Waals surface area contributed by atoms with Gasteiger partial charge in [-0.2, -0.15) is 0 Å². The van der Waals surface area contributed by atoms with E-state index in [1.54, 1.807) is 4.90 Å². The highest BCUT2D eigenvalue weighted by Gasteiger charge is 2.25. The van der Waals surface area contributed by atoms with Gasteiger partial charge in [-0.25, -0.2) is 0 Å². The fourth-order valence-corrected chi connectivity index (χ4v) is 3.32. The third kappa shape index (κ3) is 7.89. The molecule has 0 radical (unpaired) electrons. The number of anilines is 1. The number of carbonyl (C=O) groups is 3. The molecule has 0 heterocycles. The van der Waals surface area contributed by atoms with Gasteiger partial charge in [-0.3, -0.25) is 14.4 Å². The van der Waals surface area contributed by atoms with E-state index < -0.39 is 0 Å². The number of amides is 3. The van der Waals surface area contributed by atoms with Crippen LogP contribution in [0, 0.1) is 6.92 Å². The number of rotatable bonds is 11. The molecule has 1 unspecified atom stereocenters. The highest BCUT2D eigenvalue weighted by atomic mass is 16.2. The van der Waals surface area contributed by atoms with Crippen LogP contribution in [0.5, 0.6) is 0 Å². The van der Waals surface area contributed by atoms with Gasteiger partial charge in [0, 0.05) is 12.2 Å². The number of carbonyl (C=O) groups excluding carboxylic acids is 3. The van der Waals surface area contributed by atoms with Crippen LogP contribution in [0.15, 0.2) is 54.6 Å². The van der Waals surface area contributed by atoms with Gasteiger partial charge in [-0.1, -0.05) is 68.3 Å². The van der Waals surface area contributed by atoms with Crippen LogP contribution in [-0.4, -0.2) is 42.3 Å². The van der Waals surface area contributed by atoms with Gasteiger partial charge in [0.2, 0.25) is 17.7 Å². The van der Waals surface area contributed by atoms with E-state index in [9.17, 15) is 14.4 Å². The summed E-state index contributed by atoms with van der Waals surface area (Å²) in [6.45, 7) is 6.31. The maximum absolute atomic E-state index is 13.2. The molecule has 0 aliphatic rings. The Morgan fingerprint density at radius 3 is 2.23 bits per heavy atom. The number of hydrogen-bond donors (Lipinski definition) is 2. The van der Waals surface area contributed by atoms with E-state index in [2.05, 4.69) is 10.6 Å². The average molecular weight is 424 g/mol. The lowest BCUT2D eigenvalue weighted by atomic mass is 9.95. The van der Waals surface area contributed by atoms with E-state index in [0.29, 0.717) is 18.7 Å². The highest BCUT2D eigenvalue weighted by Crippen LogP contribution is 2.22. The molecule has 2 rings (SSSR count). The van der Waals surface area contributed by atoms with Crippen LogP contribution < -0.4 is 10.6 Å². The predicted molar refractivity (Wildman–Crippen MR) is 124 cm³/mol. The number of hydrogen-bond acceptors (Lipinski definition) is 3. The first-order valence-corrected chi connectivity index (χ1v) is 10.9. The summed E-state index contributed by atoms with van der Waals surface area (Å²) in [6.07, 6.45) is 2.40. The molecule has 166 valence electrons. The molecule has 1 atom stereocenters. The zero-order chi connectivity index (χ0) is 22.6. The van der Waals surface area contributed by atoms with E-state index in [-0.39, 0.29) is 36.7 Å². The SMILES string of the molecule is CCCCN(CC(=O)NCC(=O)Nc1ccc(C)cc1)C(=O)C(CC)c1ccccc1. The quantitative estimate of drug-likeness (QED) is 0.576. The zero-order valence-corrected chi connectivity index (χ0v) is 18.7. The van der Waals surface area contributed by atoms with Crippen LogP contribution >= 0.6 is 0 Å². The molecule has 6 heteroatoms. The second kappa shape index (κ2) is 12.5. The van der Waals surface area contributed by atoms with Gasteiger partial charge in [-0.15, -0.1) is 0 Å². The maximum atomic E-state index is 13.2. The van der Waals surface area contributed by atoms with E-state index in [0.717, 1.165) is 24.0 Å². The molecule has 0 aromatic heterocycles. The first kappa shape index (κ1) is 24.1. The lowest BCUT2D eigenvalue weighted by Crippen LogP contribution is -2.44. The smallest absolute Gasteiger partial charge is 0.243 e. The van der Waals surface area contributed by atoms with Crippen molar-refractivity contribution in [1.82, 2.24) is 10.2 Å². The molecule has 2 N–H and O–H groups in total. The maximum Gasteiger partial charge on any atom is 0.243 e. The van der Waals surface area contributed by atoms with Crippen molar-refractivity contribution in [2.24, 2.45) is 0 Å². The van der Waals surface area contributed by atoms with Crippen molar-refractivity contribution in [1.29, 1.82) is 0 Å². The summed E-state index contributed by atoms with van der Waals surface area (Å²) in [4.78, 5) is 39.4. The Kier molecular flexibility index (Phi) is 9.75. The minimum atomic E-state index is -0.341. The Bertz CT molecular complexity index is 850. The minimum Gasteiger partial charge on any atom is -0.345 e. The van der Waals surface area contributed by atoms with Crippen LogP contribution in [0.25, 0.3) is 0 Å². The number of unbranched alkanes of at least 4 members (excludes halogenated alkanes) is 1. The fraction of sp³-hybridized carbons (Fsp3) is 0.400. The van der Waals surface area contributed by atoms with Gasteiger partial charge in [0.1, 0.15) is 0 Å². The van der Waals surface area contributed by atoms with Crippen molar-refractivity contribution in [3.63, 3.8) is 0 Å². The summed E-state index contributed by atoms with van der Waals surface area (Å²) >= 11 is 0. The predicted octanol–water partition coefficient (Wildman–Crippen LogP) is 3.87. The lowest BCUT2D eigenvalue weighted by Gasteiger charge is -2.27. The van der Waals surface area contributed by atoms with Crippen LogP contribution in [0.4, 0.5) is 5.69 Å². The van der Waals surface area contributed by atoms with E-state index in [1.807, 2.05) is 75.4 Å². The molecule has 0 bridgehead atoms. The van der Waals surface area contributed by atoms with Crippen molar-refractivity contribution < 1.29 is 14.4 Å². The van der Waals surface area contributed by atoms with Gasteiger partial charge in [0.15, 0.2) is 0 Å². The van der Waals surface area contributed by atoms with Crippen molar-refractivity contribution in [2.75, 3.05) is 25.0 Å². The standard InChI is InChI=1S/C25H33N3O3/c1-4-6-16-28(25(31)22(5-2)20-10-8-7-9-11-20)18-24(30)26-17-23(29)27-21-14-12-19(3)13-15-21/h7-15,22H,4-6,16-18H2,1-3H3,(H,26,30)(H,27,29). The molecular weight excluding hydrogens is 390 g/mol. The molecular formula is C25H33N3O3. The van der Waals surface area contributed by atoms with Crippen LogP contribution in [0.1, 0.15) is 50.2 Å². The molecule has 31 heavy (non-hydrogen) atoms. The number of nitrogens with zero attached hydrogens (tertiary/aromatic N) is 1. The van der Waals surface area contributed by atoms with Crippen LogP contribution in [0.2, 0.25) is 0 Å². The zero-order valence-electron chi connectivity index (χ0n) is 18.7. The van der Waals surface area contributed by atoms with Gasteiger partial charge < -0.3 is 15.5 Å². The monoisotopic (exact) mass is 423 g/mol. The van der Waals surface area contributed by atoms with Crippen molar-refractivity contribution in [2.45, 2.75) is 46.0 Å². The summed E-state index contributed by atoms with van der Waals surface area (Å²) in [5.74, 6) is -0.983. The molecule has 0 aliphatic heterocycles. The summed E-state index contributed by atoms with van der Waals surface area (Å²) in [7, 11) is 0. The second-order valence-corrected chi connectivity index (χ2v) is 7.68. The molecule has 0 saturated heterocycles. The molecule has 3 amide bonds. The van der Waals surface area contributed by atoms with Gasteiger partial charge in [-0.05, 0) is 37.5 Å². The minimum absolute atomic E-state index is 0.0543. The Morgan fingerprint density at radius 2 is 1.61 bits per heavy atom. The van der Waals surface area contributed by atoms with Gasteiger partial charge in [0.05, 0.1) is 19.0 Å². The molecule has 2 aromatic rings. The average Bonchev–Trinajstić information content (AvgIpc) is 2.78. The van der Waals surface area contributed by atoms with Crippen molar-refractivity contribution >= 4 is 23.4 Å². The van der Waals surface area contributed by atoms with E-state index in [1.165, 1.54) is 0 Å². The molecule has 0 aliphatic carbocycles. The highest BCUT2D eigenvalue weighted by molar-refractivity contribution is 5.95. The van der Waals surface area contributed by atoms with Crippen molar-refractivity contribution in [3.05, 3.63) is 65.7 Å². The number of nitrogens with one attached hydrogen (secondary N) is 2. The first-order chi connectivity index (χ1) is 14.9. The van der Waals surface area contributed by atoms with Crippen molar-refractivity contribution in [3.8, 4) is 0 Å². The Balaban J connectivity index is 1.94. The summed E-state index contributed by atoms with van der Waals surface area (Å²) in [5, 5.41) is 5.38. The summed E-state index contributed by atoms with van der Waals surface area (Å²) < 4.78 is 0. The number of benzene rings is 2. The van der Waals surface area contributed by atoms with E-state index in [4.69, 9.17) is 0 Å². The normalized spacial score (nSPS) is 11.5. The van der Waals surface area contributed by atoms with Gasteiger partial charge >= 0.3 is 0 Å². The Hall–Kier alpha value is -3.15. The molecule has 0 fully saturated rings. The third-order valence-corrected chi connectivity index (χ3v) is 5.12. The largest absolute Gasteiger partial charge is 0.345 e. The molecule has 6 nitrogen and oxygen atoms in total. The Labute approximate surface area is 185 Å². The second-order valence-electron chi connectivity index (χ2n) is 7.68. The third-order valence-electron chi connectivity index (χ3n) is 5.12. The topological polar surface area (TPSA) is 78.5 Å². The molecule has 2 aromatic carbocycles. The van der Waals surface area contributed by atoms with Crippen LogP contribution in [-0.2, 0) is 14.4 Å². The van der Waals surface area contributed by atoms with Gasteiger partial charge in [0.25, 0.3) is 0 Å². The van der Waals surface area contributed by atoms with E-state index >= 15 is 0 Å². The molecule has 0 saturated carbocycles. The summed E-state index contributed by atoms with van der Waals surface area (Å²) in [5.41, 5.74) is 2.73. The molecule has 0 spiro atoms. The number of aryl methyl sites for hydroxylation is 1. The Morgan fingerprint density at radius 1 is 0.935 bits per heavy atom. The lowest BCUT2D eigenvalue weighted by molar-refractivity contribution is -0.137. The first-order valence-electron chi connectivity index (χ1n) is 10.9. The fourth-order valence-electron chi connectivity index (χ4n) is 3.32. The summed E-state index contributed by atoms with van der Waals surface area (Å²) in [6, 6.07) is 17.1.